The second-order valence-electron chi connectivity index (χ2n) is 3.93. The number of aliphatic hydroxyl groups excluding tert-OH is 1. The van der Waals surface area contributed by atoms with E-state index in [1.54, 1.807) is 24.8 Å². The van der Waals surface area contributed by atoms with Gasteiger partial charge in [0, 0.05) is 35.9 Å². The fourth-order valence-corrected chi connectivity index (χ4v) is 2.73. The SMILES string of the molecule is OCc1sc(-c2cccnc2)nc1-c1cccnc1. The Morgan fingerprint density at radius 1 is 1.00 bits per heavy atom. The van der Waals surface area contributed by atoms with Crippen LogP contribution in [0.25, 0.3) is 21.8 Å². The van der Waals surface area contributed by atoms with Crippen LogP contribution >= 0.6 is 11.3 Å². The molecule has 5 heteroatoms. The Bertz CT molecular complexity index is 668. The molecule has 19 heavy (non-hydrogen) atoms. The molecule has 0 unspecified atom stereocenters. The van der Waals surface area contributed by atoms with Crippen molar-refractivity contribution in [3.63, 3.8) is 0 Å². The molecular weight excluding hydrogens is 258 g/mol. The Morgan fingerprint density at radius 3 is 2.26 bits per heavy atom. The Morgan fingerprint density at radius 2 is 1.68 bits per heavy atom. The third-order valence-electron chi connectivity index (χ3n) is 2.68. The summed E-state index contributed by atoms with van der Waals surface area (Å²) in [6.07, 6.45) is 6.97. The lowest BCUT2D eigenvalue weighted by atomic mass is 10.2. The van der Waals surface area contributed by atoms with Crippen molar-refractivity contribution in [3.8, 4) is 21.8 Å². The van der Waals surface area contributed by atoms with Crippen molar-refractivity contribution in [2.75, 3.05) is 0 Å². The van der Waals surface area contributed by atoms with Crippen LogP contribution in [0.15, 0.2) is 49.1 Å². The second kappa shape index (κ2) is 5.26. The predicted octanol–water partition coefficient (Wildman–Crippen LogP) is 2.76. The molecule has 3 heterocycles. The minimum atomic E-state index is -0.0256. The van der Waals surface area contributed by atoms with E-state index in [1.165, 1.54) is 11.3 Å². The van der Waals surface area contributed by atoms with Gasteiger partial charge in [-0.05, 0) is 24.3 Å². The van der Waals surface area contributed by atoms with Gasteiger partial charge in [0.2, 0.25) is 0 Å². The van der Waals surface area contributed by atoms with Crippen LogP contribution in [0.3, 0.4) is 0 Å². The van der Waals surface area contributed by atoms with Crippen LogP contribution in [-0.2, 0) is 6.61 Å². The Hall–Kier alpha value is -2.11. The van der Waals surface area contributed by atoms with Gasteiger partial charge in [-0.1, -0.05) is 0 Å². The molecular formula is C14H11N3OS. The molecule has 0 amide bonds. The zero-order chi connectivity index (χ0) is 13.1. The van der Waals surface area contributed by atoms with E-state index in [4.69, 9.17) is 0 Å². The molecule has 0 saturated heterocycles. The van der Waals surface area contributed by atoms with E-state index in [2.05, 4.69) is 15.0 Å². The summed E-state index contributed by atoms with van der Waals surface area (Å²) in [5.74, 6) is 0. The van der Waals surface area contributed by atoms with Gasteiger partial charge in [0.1, 0.15) is 5.01 Å². The molecule has 0 spiro atoms. The van der Waals surface area contributed by atoms with Crippen molar-refractivity contribution in [2.24, 2.45) is 0 Å². The number of hydrogen-bond acceptors (Lipinski definition) is 5. The molecule has 0 aliphatic rings. The molecule has 0 aromatic carbocycles. The first kappa shape index (κ1) is 12.0. The summed E-state index contributed by atoms with van der Waals surface area (Å²) in [6.45, 7) is -0.0256. The molecule has 0 aliphatic heterocycles. The van der Waals surface area contributed by atoms with Gasteiger partial charge in [0.05, 0.1) is 17.2 Å². The van der Waals surface area contributed by atoms with Crippen LogP contribution in [0.2, 0.25) is 0 Å². The van der Waals surface area contributed by atoms with Crippen molar-refractivity contribution in [1.29, 1.82) is 0 Å². The maximum absolute atomic E-state index is 9.47. The van der Waals surface area contributed by atoms with Gasteiger partial charge in [0.25, 0.3) is 0 Å². The van der Waals surface area contributed by atoms with Gasteiger partial charge in [-0.3, -0.25) is 9.97 Å². The van der Waals surface area contributed by atoms with E-state index in [-0.39, 0.29) is 6.61 Å². The van der Waals surface area contributed by atoms with Crippen molar-refractivity contribution in [3.05, 3.63) is 53.9 Å². The van der Waals surface area contributed by atoms with Crippen molar-refractivity contribution >= 4 is 11.3 Å². The Labute approximate surface area is 114 Å². The number of aromatic nitrogens is 3. The first-order valence-electron chi connectivity index (χ1n) is 5.80. The lowest BCUT2D eigenvalue weighted by molar-refractivity contribution is 0.286. The summed E-state index contributed by atoms with van der Waals surface area (Å²) in [5.41, 5.74) is 2.66. The highest BCUT2D eigenvalue weighted by Gasteiger charge is 2.13. The lowest BCUT2D eigenvalue weighted by Gasteiger charge is -1.97. The first-order valence-corrected chi connectivity index (χ1v) is 6.61. The monoisotopic (exact) mass is 269 g/mol. The molecule has 3 aromatic heterocycles. The van der Waals surface area contributed by atoms with Gasteiger partial charge in [-0.15, -0.1) is 11.3 Å². The predicted molar refractivity (Wildman–Crippen MR) is 74.5 cm³/mol. The molecule has 94 valence electrons. The van der Waals surface area contributed by atoms with Gasteiger partial charge in [-0.2, -0.15) is 0 Å². The Kier molecular flexibility index (Phi) is 3.31. The highest BCUT2D eigenvalue weighted by atomic mass is 32.1. The highest BCUT2D eigenvalue weighted by molar-refractivity contribution is 7.15. The molecule has 3 aromatic rings. The van der Waals surface area contributed by atoms with Crippen LogP contribution in [0.5, 0.6) is 0 Å². The molecule has 0 atom stereocenters. The summed E-state index contributed by atoms with van der Waals surface area (Å²) in [5, 5.41) is 10.3. The second-order valence-corrected chi connectivity index (χ2v) is 5.02. The number of pyridine rings is 2. The van der Waals surface area contributed by atoms with Crippen LogP contribution in [0.1, 0.15) is 4.88 Å². The molecule has 0 bridgehead atoms. The maximum Gasteiger partial charge on any atom is 0.125 e. The zero-order valence-corrected chi connectivity index (χ0v) is 10.8. The molecule has 0 aliphatic carbocycles. The number of nitrogens with zero attached hydrogens (tertiary/aromatic N) is 3. The maximum atomic E-state index is 9.47. The average molecular weight is 269 g/mol. The van der Waals surface area contributed by atoms with Crippen molar-refractivity contribution in [2.45, 2.75) is 6.61 Å². The third kappa shape index (κ3) is 2.38. The third-order valence-corrected chi connectivity index (χ3v) is 3.77. The van der Waals surface area contributed by atoms with Gasteiger partial charge < -0.3 is 5.11 Å². The molecule has 4 nitrogen and oxygen atoms in total. The lowest BCUT2D eigenvalue weighted by Crippen LogP contribution is -1.86. The zero-order valence-electron chi connectivity index (χ0n) is 10.0. The van der Waals surface area contributed by atoms with E-state index >= 15 is 0 Å². The first-order chi connectivity index (χ1) is 9.38. The van der Waals surface area contributed by atoms with E-state index in [0.717, 1.165) is 26.7 Å². The highest BCUT2D eigenvalue weighted by Crippen LogP contribution is 2.33. The number of rotatable bonds is 3. The van der Waals surface area contributed by atoms with Crippen LogP contribution in [-0.4, -0.2) is 20.1 Å². The van der Waals surface area contributed by atoms with Crippen LogP contribution < -0.4 is 0 Å². The van der Waals surface area contributed by atoms with Crippen LogP contribution in [0, 0.1) is 0 Å². The standard InChI is InChI=1S/C14H11N3OS/c18-9-12-13(10-3-1-5-15-7-10)17-14(19-12)11-4-2-6-16-8-11/h1-8,18H,9H2. The van der Waals surface area contributed by atoms with Gasteiger partial charge >= 0.3 is 0 Å². The minimum Gasteiger partial charge on any atom is -0.391 e. The molecule has 0 fully saturated rings. The van der Waals surface area contributed by atoms with E-state index in [0.29, 0.717) is 0 Å². The number of thiazole rings is 1. The summed E-state index contributed by atoms with van der Waals surface area (Å²) < 4.78 is 0. The van der Waals surface area contributed by atoms with E-state index in [1.807, 2.05) is 24.3 Å². The van der Waals surface area contributed by atoms with E-state index < -0.39 is 0 Å². The molecule has 0 radical (unpaired) electrons. The van der Waals surface area contributed by atoms with Crippen LogP contribution in [0.4, 0.5) is 0 Å². The normalized spacial score (nSPS) is 10.6. The van der Waals surface area contributed by atoms with E-state index in [9.17, 15) is 5.11 Å². The number of aliphatic hydroxyl groups is 1. The summed E-state index contributed by atoms with van der Waals surface area (Å²) in [7, 11) is 0. The number of hydrogen-bond donors (Lipinski definition) is 1. The van der Waals surface area contributed by atoms with Crippen molar-refractivity contribution < 1.29 is 5.11 Å². The topological polar surface area (TPSA) is 58.9 Å². The molecule has 0 saturated carbocycles. The average Bonchev–Trinajstić information content (AvgIpc) is 2.93. The van der Waals surface area contributed by atoms with Crippen molar-refractivity contribution in [1.82, 2.24) is 15.0 Å². The van der Waals surface area contributed by atoms with Gasteiger partial charge in [0.15, 0.2) is 0 Å². The molecule has 3 rings (SSSR count). The smallest absolute Gasteiger partial charge is 0.125 e. The Balaban J connectivity index is 2.09. The fraction of sp³-hybridized carbons (Fsp3) is 0.0714. The molecule has 1 N–H and O–H groups in total. The summed E-state index contributed by atoms with van der Waals surface area (Å²) in [4.78, 5) is 13.6. The van der Waals surface area contributed by atoms with Gasteiger partial charge in [-0.25, -0.2) is 4.98 Å². The quantitative estimate of drug-likeness (QED) is 0.794. The largest absolute Gasteiger partial charge is 0.391 e. The summed E-state index contributed by atoms with van der Waals surface area (Å²) >= 11 is 1.48. The fourth-order valence-electron chi connectivity index (χ4n) is 1.80. The summed E-state index contributed by atoms with van der Waals surface area (Å²) in [6, 6.07) is 7.63. The minimum absolute atomic E-state index is 0.0256.